The van der Waals surface area contributed by atoms with E-state index in [0.717, 1.165) is 27.5 Å². The number of nitrogens with two attached hydrogens (primary N) is 1. The van der Waals surface area contributed by atoms with E-state index in [0.29, 0.717) is 5.22 Å². The molecule has 4 nitrogen and oxygen atoms in total. The number of nitrogen functional groups attached to an aromatic ring is 1. The number of hydrogen-bond acceptors (Lipinski definition) is 4. The molecule has 1 aromatic heterocycles. The van der Waals surface area contributed by atoms with Gasteiger partial charge in [0, 0.05) is 10.5 Å². The summed E-state index contributed by atoms with van der Waals surface area (Å²) in [6.45, 7) is 5.76. The summed E-state index contributed by atoms with van der Waals surface area (Å²) in [4.78, 5) is 5.35. The maximum atomic E-state index is 7.44. The molecule has 0 aliphatic carbocycles. The summed E-state index contributed by atoms with van der Waals surface area (Å²) >= 11 is 1.47. The van der Waals surface area contributed by atoms with Gasteiger partial charge in [-0.2, -0.15) is 0 Å². The highest BCUT2D eigenvalue weighted by atomic mass is 32.2. The van der Waals surface area contributed by atoms with Gasteiger partial charge in [0.15, 0.2) is 0 Å². The van der Waals surface area contributed by atoms with Gasteiger partial charge >= 0.3 is 0 Å². The van der Waals surface area contributed by atoms with E-state index in [4.69, 9.17) is 15.6 Å². The van der Waals surface area contributed by atoms with Gasteiger partial charge in [-0.1, -0.05) is 0 Å². The van der Waals surface area contributed by atoms with E-state index in [-0.39, 0.29) is 5.84 Å². The summed E-state index contributed by atoms with van der Waals surface area (Å²) in [5, 5.41) is 8.08. The standard InChI is InChI=1S/C13H15N3OS/c1-7-6-10(4-5-11(7)12(14)15)18-13-16-8(2)9(3)17-13/h4-6H,1-3H3,(H3,14,15). The Balaban J connectivity index is 2.25. The van der Waals surface area contributed by atoms with E-state index in [1.54, 1.807) is 0 Å². The molecule has 0 saturated carbocycles. The predicted octanol–water partition coefficient (Wildman–Crippen LogP) is 3.04. The van der Waals surface area contributed by atoms with Gasteiger partial charge in [-0.25, -0.2) is 4.98 Å². The van der Waals surface area contributed by atoms with Crippen LogP contribution in [-0.4, -0.2) is 10.8 Å². The fraction of sp³-hybridized carbons (Fsp3) is 0.231. The van der Waals surface area contributed by atoms with Crippen LogP contribution in [0.3, 0.4) is 0 Å². The third kappa shape index (κ3) is 2.56. The minimum Gasteiger partial charge on any atom is -0.436 e. The van der Waals surface area contributed by atoms with Crippen molar-refractivity contribution >= 4 is 17.6 Å². The molecule has 0 aliphatic rings. The highest BCUT2D eigenvalue weighted by molar-refractivity contribution is 7.99. The number of aromatic nitrogens is 1. The summed E-state index contributed by atoms with van der Waals surface area (Å²) in [7, 11) is 0. The minimum absolute atomic E-state index is 0.0897. The molecule has 0 aliphatic heterocycles. The fourth-order valence-corrected chi connectivity index (χ4v) is 2.51. The van der Waals surface area contributed by atoms with Crippen molar-refractivity contribution in [2.45, 2.75) is 30.9 Å². The molecular weight excluding hydrogens is 246 g/mol. The number of nitrogens with one attached hydrogen (secondary N) is 1. The van der Waals surface area contributed by atoms with Gasteiger partial charge in [0.25, 0.3) is 5.22 Å². The fourth-order valence-electron chi connectivity index (χ4n) is 1.59. The van der Waals surface area contributed by atoms with Gasteiger partial charge in [-0.15, -0.1) is 0 Å². The first kappa shape index (κ1) is 12.7. The molecule has 2 rings (SSSR count). The van der Waals surface area contributed by atoms with Crippen molar-refractivity contribution in [1.82, 2.24) is 4.98 Å². The summed E-state index contributed by atoms with van der Waals surface area (Å²) in [6, 6.07) is 5.75. The van der Waals surface area contributed by atoms with Crippen molar-refractivity contribution in [2.24, 2.45) is 5.73 Å². The number of oxazole rings is 1. The van der Waals surface area contributed by atoms with E-state index < -0.39 is 0 Å². The first-order valence-electron chi connectivity index (χ1n) is 5.54. The molecule has 0 radical (unpaired) electrons. The number of rotatable bonds is 3. The quantitative estimate of drug-likeness (QED) is 0.657. The second kappa shape index (κ2) is 4.86. The van der Waals surface area contributed by atoms with Crippen LogP contribution in [0.1, 0.15) is 22.6 Å². The number of aryl methyl sites for hydroxylation is 3. The van der Waals surface area contributed by atoms with E-state index in [9.17, 15) is 0 Å². The molecule has 18 heavy (non-hydrogen) atoms. The molecule has 0 bridgehead atoms. The van der Waals surface area contributed by atoms with Gasteiger partial charge in [0.2, 0.25) is 0 Å². The summed E-state index contributed by atoms with van der Waals surface area (Å²) < 4.78 is 5.52. The van der Waals surface area contributed by atoms with Crippen molar-refractivity contribution in [1.29, 1.82) is 5.41 Å². The largest absolute Gasteiger partial charge is 0.436 e. The zero-order chi connectivity index (χ0) is 13.3. The van der Waals surface area contributed by atoms with Gasteiger partial charge in [-0.3, -0.25) is 5.41 Å². The molecule has 0 atom stereocenters. The SMILES string of the molecule is Cc1cc(Sc2nc(C)c(C)o2)ccc1C(=N)N. The molecule has 0 fully saturated rings. The first-order valence-corrected chi connectivity index (χ1v) is 6.36. The van der Waals surface area contributed by atoms with Crippen molar-refractivity contribution in [3.8, 4) is 0 Å². The van der Waals surface area contributed by atoms with Crippen LogP contribution in [0.2, 0.25) is 0 Å². The monoisotopic (exact) mass is 261 g/mol. The van der Waals surface area contributed by atoms with E-state index in [2.05, 4.69) is 4.98 Å². The Morgan fingerprint density at radius 1 is 1.33 bits per heavy atom. The van der Waals surface area contributed by atoms with Crippen LogP contribution in [0, 0.1) is 26.2 Å². The normalized spacial score (nSPS) is 10.6. The molecule has 5 heteroatoms. The molecule has 1 heterocycles. The Bertz CT molecular complexity index is 585. The van der Waals surface area contributed by atoms with Crippen LogP contribution in [0.5, 0.6) is 0 Å². The maximum absolute atomic E-state index is 7.44. The third-order valence-electron chi connectivity index (χ3n) is 2.70. The Morgan fingerprint density at radius 3 is 2.56 bits per heavy atom. The molecule has 0 spiro atoms. The van der Waals surface area contributed by atoms with Crippen molar-refractivity contribution < 1.29 is 4.42 Å². The number of amidine groups is 1. The van der Waals surface area contributed by atoms with Crippen LogP contribution in [0.15, 0.2) is 32.7 Å². The summed E-state index contributed by atoms with van der Waals surface area (Å²) in [6.07, 6.45) is 0. The maximum Gasteiger partial charge on any atom is 0.260 e. The number of nitrogens with zero attached hydrogens (tertiary/aromatic N) is 1. The van der Waals surface area contributed by atoms with E-state index in [1.807, 2.05) is 39.0 Å². The Hall–Kier alpha value is -1.75. The lowest BCUT2D eigenvalue weighted by atomic mass is 10.1. The topological polar surface area (TPSA) is 75.9 Å². The van der Waals surface area contributed by atoms with Gasteiger partial charge in [0.1, 0.15) is 11.6 Å². The molecule has 3 N–H and O–H groups in total. The Kier molecular flexibility index (Phi) is 3.43. The number of hydrogen-bond donors (Lipinski definition) is 2. The van der Waals surface area contributed by atoms with Crippen molar-refractivity contribution in [2.75, 3.05) is 0 Å². The van der Waals surface area contributed by atoms with Crippen LogP contribution in [0.4, 0.5) is 0 Å². The van der Waals surface area contributed by atoms with Crippen molar-refractivity contribution in [3.63, 3.8) is 0 Å². The first-order chi connectivity index (χ1) is 8.47. The van der Waals surface area contributed by atoms with E-state index >= 15 is 0 Å². The van der Waals surface area contributed by atoms with Crippen LogP contribution in [-0.2, 0) is 0 Å². The number of benzene rings is 1. The lowest BCUT2D eigenvalue weighted by molar-refractivity contribution is 0.431. The zero-order valence-corrected chi connectivity index (χ0v) is 11.4. The lowest BCUT2D eigenvalue weighted by Gasteiger charge is -2.05. The Morgan fingerprint density at radius 2 is 2.06 bits per heavy atom. The lowest BCUT2D eigenvalue weighted by Crippen LogP contribution is -2.12. The molecule has 94 valence electrons. The highest BCUT2D eigenvalue weighted by Crippen LogP contribution is 2.29. The van der Waals surface area contributed by atoms with Crippen molar-refractivity contribution in [3.05, 3.63) is 40.8 Å². The molecule has 2 aromatic rings. The summed E-state index contributed by atoms with van der Waals surface area (Å²) in [5.74, 6) is 0.932. The summed E-state index contributed by atoms with van der Waals surface area (Å²) in [5.41, 5.74) is 8.14. The van der Waals surface area contributed by atoms with E-state index in [1.165, 1.54) is 11.8 Å². The minimum atomic E-state index is 0.0897. The Labute approximate surface area is 110 Å². The average Bonchev–Trinajstić information content (AvgIpc) is 2.57. The van der Waals surface area contributed by atoms with Crippen LogP contribution < -0.4 is 5.73 Å². The highest BCUT2D eigenvalue weighted by Gasteiger charge is 2.09. The van der Waals surface area contributed by atoms with Crippen LogP contribution in [0.25, 0.3) is 0 Å². The molecule has 1 aromatic carbocycles. The molecule has 0 amide bonds. The molecule has 0 unspecified atom stereocenters. The predicted molar refractivity (Wildman–Crippen MR) is 72.3 cm³/mol. The second-order valence-corrected chi connectivity index (χ2v) is 5.14. The smallest absolute Gasteiger partial charge is 0.260 e. The van der Waals surface area contributed by atoms with Gasteiger partial charge in [0.05, 0.1) is 5.69 Å². The van der Waals surface area contributed by atoms with Crippen LogP contribution >= 0.6 is 11.8 Å². The van der Waals surface area contributed by atoms with Gasteiger partial charge < -0.3 is 10.2 Å². The zero-order valence-electron chi connectivity index (χ0n) is 10.6. The second-order valence-electron chi connectivity index (χ2n) is 4.11. The average molecular weight is 261 g/mol. The molecular formula is C13H15N3OS. The van der Waals surface area contributed by atoms with Gasteiger partial charge in [-0.05, 0) is 56.3 Å². The molecule has 0 saturated heterocycles. The third-order valence-corrected chi connectivity index (χ3v) is 3.54.